The highest BCUT2D eigenvalue weighted by atomic mass is 35.5. The second kappa shape index (κ2) is 8.97. The molecule has 2 aromatic rings. The van der Waals surface area contributed by atoms with Gasteiger partial charge in [-0.3, -0.25) is 15.0 Å². The molecule has 1 saturated heterocycles. The van der Waals surface area contributed by atoms with E-state index in [1.54, 1.807) is 29.2 Å². The average Bonchev–Trinajstić information content (AvgIpc) is 3.45. The molecular weight excluding hydrogens is 466 g/mol. The van der Waals surface area contributed by atoms with Crippen LogP contribution in [0.2, 0.25) is 5.02 Å². The third-order valence-electron chi connectivity index (χ3n) is 5.20. The summed E-state index contributed by atoms with van der Waals surface area (Å²) in [5, 5.41) is 15.5. The first kappa shape index (κ1) is 21.6. The zero-order chi connectivity index (χ0) is 22.9. The Morgan fingerprint density at radius 2 is 1.94 bits per heavy atom. The Labute approximate surface area is 198 Å². The Hall–Kier alpha value is -3.21. The van der Waals surface area contributed by atoms with E-state index < -0.39 is 5.91 Å². The van der Waals surface area contributed by atoms with Gasteiger partial charge in [0.2, 0.25) is 11.1 Å². The van der Waals surface area contributed by atoms with Crippen molar-refractivity contribution in [2.24, 2.45) is 10.1 Å². The number of carbonyl (C=O) groups is 2. The van der Waals surface area contributed by atoms with E-state index in [0.717, 1.165) is 17.3 Å². The molecule has 5 rings (SSSR count). The number of furan rings is 1. The predicted molar refractivity (Wildman–Crippen MR) is 126 cm³/mol. The lowest BCUT2D eigenvalue weighted by Crippen LogP contribution is -2.41. The molecule has 168 valence electrons. The first-order valence-electron chi connectivity index (χ1n) is 10.2. The number of hydrazone groups is 1. The molecule has 1 aromatic carbocycles. The monoisotopic (exact) mass is 483 g/mol. The molecule has 9 nitrogen and oxygen atoms in total. The van der Waals surface area contributed by atoms with Crippen LogP contribution in [0, 0.1) is 5.41 Å². The van der Waals surface area contributed by atoms with Crippen molar-refractivity contribution in [2.75, 3.05) is 26.3 Å². The van der Waals surface area contributed by atoms with Crippen molar-refractivity contribution in [2.45, 2.75) is 6.42 Å². The molecule has 3 aliphatic heterocycles. The predicted octanol–water partition coefficient (Wildman–Crippen LogP) is 3.47. The maximum atomic E-state index is 12.6. The Morgan fingerprint density at radius 1 is 1.18 bits per heavy atom. The average molecular weight is 484 g/mol. The normalized spacial score (nSPS) is 19.6. The summed E-state index contributed by atoms with van der Waals surface area (Å²) in [7, 11) is 0. The molecule has 4 heterocycles. The van der Waals surface area contributed by atoms with Crippen molar-refractivity contribution in [1.82, 2.24) is 9.91 Å². The van der Waals surface area contributed by atoms with Gasteiger partial charge in [0.25, 0.3) is 5.91 Å². The third-order valence-corrected chi connectivity index (χ3v) is 6.37. The quantitative estimate of drug-likeness (QED) is 0.666. The fraction of sp³-hybridized carbons (Fsp3) is 0.227. The van der Waals surface area contributed by atoms with Crippen LogP contribution in [0.15, 0.2) is 56.5 Å². The minimum atomic E-state index is -0.556. The number of rotatable bonds is 4. The Kier molecular flexibility index (Phi) is 5.88. The molecule has 0 aliphatic carbocycles. The lowest BCUT2D eigenvalue weighted by molar-refractivity contribution is -0.133. The van der Waals surface area contributed by atoms with Crippen LogP contribution >= 0.6 is 23.4 Å². The maximum absolute atomic E-state index is 12.6. The summed E-state index contributed by atoms with van der Waals surface area (Å²) in [4.78, 5) is 30.9. The standard InChI is InChI=1S/C22H18ClN5O4S/c23-14-3-1-13(2-4-14)17-6-5-15(32-17)11-16-20(24)28-22(25-21(16)30)33-18(26-28)12-19(29)27-7-9-31-10-8-27/h1-6,11,24H,7-10,12H2/b16-11-,24-20?. The summed E-state index contributed by atoms with van der Waals surface area (Å²) in [6.07, 6.45) is 1.56. The van der Waals surface area contributed by atoms with Crippen LogP contribution < -0.4 is 0 Å². The van der Waals surface area contributed by atoms with Gasteiger partial charge >= 0.3 is 0 Å². The van der Waals surface area contributed by atoms with Gasteiger partial charge in [-0.25, -0.2) is 0 Å². The molecule has 1 fully saturated rings. The lowest BCUT2D eigenvalue weighted by atomic mass is 10.1. The molecule has 0 spiro atoms. The van der Waals surface area contributed by atoms with E-state index >= 15 is 0 Å². The number of fused-ring (bicyclic) bond motifs is 1. The van der Waals surface area contributed by atoms with E-state index in [2.05, 4.69) is 10.1 Å². The number of hydrogen-bond donors (Lipinski definition) is 1. The van der Waals surface area contributed by atoms with Crippen molar-refractivity contribution in [3.8, 4) is 11.3 Å². The van der Waals surface area contributed by atoms with Gasteiger partial charge < -0.3 is 14.1 Å². The molecule has 0 radical (unpaired) electrons. The Balaban J connectivity index is 1.33. The van der Waals surface area contributed by atoms with Crippen LogP contribution in [0.3, 0.4) is 0 Å². The molecular formula is C22H18ClN5O4S. The molecule has 0 saturated carbocycles. The lowest BCUT2D eigenvalue weighted by Gasteiger charge is -2.26. The van der Waals surface area contributed by atoms with Gasteiger partial charge in [-0.15, -0.1) is 0 Å². The molecule has 0 unspecified atom stereocenters. The Morgan fingerprint density at radius 3 is 2.70 bits per heavy atom. The number of thioether (sulfide) groups is 1. The number of nitrogens with one attached hydrogen (secondary N) is 1. The summed E-state index contributed by atoms with van der Waals surface area (Å²) in [5.41, 5.74) is 0.894. The number of halogens is 1. The summed E-state index contributed by atoms with van der Waals surface area (Å²) < 4.78 is 11.1. The summed E-state index contributed by atoms with van der Waals surface area (Å²) in [6, 6.07) is 10.7. The van der Waals surface area contributed by atoms with Gasteiger partial charge in [-0.2, -0.15) is 15.1 Å². The number of ether oxygens (including phenoxy) is 1. The van der Waals surface area contributed by atoms with Crippen LogP contribution in [-0.2, 0) is 14.3 Å². The number of nitrogens with zero attached hydrogens (tertiary/aromatic N) is 4. The SMILES string of the molecule is N=C1/C(=C/c2ccc(-c3ccc(Cl)cc3)o2)C(=O)N=C2SC(CC(=O)N3CCOCC3)=NN12. The number of morpholine rings is 1. The van der Waals surface area contributed by atoms with Gasteiger partial charge in [-0.05, 0) is 54.2 Å². The second-order valence-corrected chi connectivity index (χ2v) is 8.87. The van der Waals surface area contributed by atoms with E-state index in [-0.39, 0.29) is 28.9 Å². The summed E-state index contributed by atoms with van der Waals surface area (Å²) >= 11 is 7.06. The molecule has 0 bridgehead atoms. The zero-order valence-corrected chi connectivity index (χ0v) is 18.9. The first-order valence-corrected chi connectivity index (χ1v) is 11.4. The van der Waals surface area contributed by atoms with E-state index in [1.807, 2.05) is 12.1 Å². The van der Waals surface area contributed by atoms with Gasteiger partial charge in [0.1, 0.15) is 16.6 Å². The van der Waals surface area contributed by atoms with Crippen molar-refractivity contribution in [3.05, 3.63) is 52.8 Å². The number of hydrogen-bond acceptors (Lipinski definition) is 7. The minimum absolute atomic E-state index is 0.0564. The van der Waals surface area contributed by atoms with E-state index in [9.17, 15) is 9.59 Å². The highest BCUT2D eigenvalue weighted by Crippen LogP contribution is 2.31. The molecule has 2 amide bonds. The molecule has 0 atom stereocenters. The highest BCUT2D eigenvalue weighted by Gasteiger charge is 2.36. The van der Waals surface area contributed by atoms with Crippen LogP contribution in [0.1, 0.15) is 12.2 Å². The van der Waals surface area contributed by atoms with Gasteiger partial charge in [0.05, 0.1) is 25.2 Å². The number of amidine groups is 2. The molecule has 33 heavy (non-hydrogen) atoms. The fourth-order valence-corrected chi connectivity index (χ4v) is 4.50. The number of carbonyl (C=O) groups excluding carboxylic acids is 2. The first-order chi connectivity index (χ1) is 16.0. The van der Waals surface area contributed by atoms with Gasteiger partial charge in [0, 0.05) is 23.7 Å². The van der Waals surface area contributed by atoms with Crippen LogP contribution in [0.5, 0.6) is 0 Å². The number of amides is 2. The highest BCUT2D eigenvalue weighted by molar-refractivity contribution is 8.27. The minimum Gasteiger partial charge on any atom is -0.457 e. The molecule has 3 aliphatic rings. The topological polar surface area (TPSA) is 112 Å². The molecule has 1 aromatic heterocycles. The zero-order valence-electron chi connectivity index (χ0n) is 17.3. The van der Waals surface area contributed by atoms with Crippen molar-refractivity contribution < 1.29 is 18.7 Å². The van der Waals surface area contributed by atoms with E-state index in [4.69, 9.17) is 26.2 Å². The molecule has 1 N–H and O–H groups in total. The van der Waals surface area contributed by atoms with Crippen molar-refractivity contribution in [3.63, 3.8) is 0 Å². The third kappa shape index (κ3) is 4.50. The largest absolute Gasteiger partial charge is 0.457 e. The van der Waals surface area contributed by atoms with Crippen molar-refractivity contribution >= 4 is 57.3 Å². The smallest absolute Gasteiger partial charge is 0.283 e. The fourth-order valence-electron chi connectivity index (χ4n) is 3.50. The van der Waals surface area contributed by atoms with Crippen LogP contribution in [0.25, 0.3) is 17.4 Å². The second-order valence-electron chi connectivity index (χ2n) is 7.39. The molecule has 11 heteroatoms. The van der Waals surface area contributed by atoms with E-state index in [1.165, 1.54) is 11.1 Å². The van der Waals surface area contributed by atoms with Crippen LogP contribution in [-0.4, -0.2) is 64.1 Å². The number of benzene rings is 1. The van der Waals surface area contributed by atoms with Crippen molar-refractivity contribution in [1.29, 1.82) is 5.41 Å². The van der Waals surface area contributed by atoms with E-state index in [0.29, 0.717) is 47.9 Å². The van der Waals surface area contributed by atoms with Gasteiger partial charge in [-0.1, -0.05) is 11.6 Å². The number of aliphatic imine (C=N–C) groups is 1. The Bertz CT molecular complexity index is 1230. The maximum Gasteiger partial charge on any atom is 0.283 e. The van der Waals surface area contributed by atoms with Crippen LogP contribution in [0.4, 0.5) is 0 Å². The summed E-state index contributed by atoms with van der Waals surface area (Å²) in [5.74, 6) is 0.278. The summed E-state index contributed by atoms with van der Waals surface area (Å²) in [6.45, 7) is 2.13. The van der Waals surface area contributed by atoms with Gasteiger partial charge in [0.15, 0.2) is 5.84 Å².